The summed E-state index contributed by atoms with van der Waals surface area (Å²) in [5.41, 5.74) is -0.129. The molecule has 0 atom stereocenters. The summed E-state index contributed by atoms with van der Waals surface area (Å²) in [6.45, 7) is 0. The molecule has 0 spiro atoms. The van der Waals surface area contributed by atoms with Crippen LogP contribution in [0.5, 0.6) is 5.75 Å². The Bertz CT molecular complexity index is 646. The Balaban J connectivity index is 2.31. The minimum Gasteiger partial charge on any atom is -0.420 e. The number of benzene rings is 1. The van der Waals surface area contributed by atoms with Crippen molar-refractivity contribution in [2.45, 2.75) is 0 Å². The van der Waals surface area contributed by atoms with Gasteiger partial charge < -0.3 is 4.74 Å². The van der Waals surface area contributed by atoms with Gasteiger partial charge in [0.15, 0.2) is 5.69 Å². The number of para-hydroxylation sites is 1. The standard InChI is InChI=1S/C12H5Cl4NO2/c13-6-3-1-2-4-8(6)19-12(18)11-10(16)9(15)7(14)5-17-11/h1-5H. The molecule has 0 radical (unpaired) electrons. The third-order valence-corrected chi connectivity index (χ3v) is 3.70. The van der Waals surface area contributed by atoms with Crippen molar-refractivity contribution >= 4 is 52.4 Å². The average Bonchev–Trinajstić information content (AvgIpc) is 2.39. The van der Waals surface area contributed by atoms with Crippen LogP contribution in [0.25, 0.3) is 0 Å². The molecule has 0 aliphatic heterocycles. The molecular weight excluding hydrogens is 332 g/mol. The van der Waals surface area contributed by atoms with Gasteiger partial charge in [0.25, 0.3) is 0 Å². The van der Waals surface area contributed by atoms with Crippen molar-refractivity contribution in [3.8, 4) is 5.75 Å². The maximum atomic E-state index is 11.9. The number of carbonyl (C=O) groups is 1. The second-order valence-corrected chi connectivity index (χ2v) is 4.97. The highest BCUT2D eigenvalue weighted by Crippen LogP contribution is 2.32. The number of halogens is 4. The van der Waals surface area contributed by atoms with E-state index in [0.29, 0.717) is 5.02 Å². The highest BCUT2D eigenvalue weighted by Gasteiger charge is 2.19. The van der Waals surface area contributed by atoms with Gasteiger partial charge in [0.1, 0.15) is 5.75 Å². The quantitative estimate of drug-likeness (QED) is 0.577. The molecule has 1 aromatic heterocycles. The lowest BCUT2D eigenvalue weighted by Gasteiger charge is -2.07. The summed E-state index contributed by atoms with van der Waals surface area (Å²) in [5, 5.41) is 0.434. The van der Waals surface area contributed by atoms with E-state index >= 15 is 0 Å². The molecule has 2 aromatic rings. The lowest BCUT2D eigenvalue weighted by atomic mass is 10.3. The van der Waals surface area contributed by atoms with Crippen molar-refractivity contribution in [1.29, 1.82) is 0 Å². The number of esters is 1. The summed E-state index contributed by atoms with van der Waals surface area (Å²) in [7, 11) is 0. The van der Waals surface area contributed by atoms with E-state index in [1.165, 1.54) is 6.20 Å². The molecule has 0 fully saturated rings. The van der Waals surface area contributed by atoms with E-state index in [4.69, 9.17) is 51.1 Å². The van der Waals surface area contributed by atoms with Gasteiger partial charge in [0, 0.05) is 6.20 Å². The van der Waals surface area contributed by atoms with Crippen LogP contribution in [0.2, 0.25) is 20.1 Å². The zero-order valence-electron chi connectivity index (χ0n) is 9.16. The number of aromatic nitrogens is 1. The average molecular weight is 337 g/mol. The molecule has 0 amide bonds. The molecule has 0 bridgehead atoms. The first-order valence-electron chi connectivity index (χ1n) is 4.97. The Labute approximate surface area is 129 Å². The van der Waals surface area contributed by atoms with Crippen molar-refractivity contribution < 1.29 is 9.53 Å². The van der Waals surface area contributed by atoms with Crippen molar-refractivity contribution in [3.05, 3.63) is 56.2 Å². The molecule has 3 nitrogen and oxygen atoms in total. The third kappa shape index (κ3) is 3.12. The zero-order valence-corrected chi connectivity index (χ0v) is 12.2. The first-order chi connectivity index (χ1) is 9.00. The highest BCUT2D eigenvalue weighted by atomic mass is 35.5. The van der Waals surface area contributed by atoms with Crippen molar-refractivity contribution in [1.82, 2.24) is 4.98 Å². The van der Waals surface area contributed by atoms with Crippen molar-refractivity contribution in [2.24, 2.45) is 0 Å². The van der Waals surface area contributed by atoms with Crippen LogP contribution in [-0.4, -0.2) is 11.0 Å². The van der Waals surface area contributed by atoms with Gasteiger partial charge >= 0.3 is 5.97 Å². The molecule has 98 valence electrons. The Hall–Kier alpha value is -1.000. The summed E-state index contributed by atoms with van der Waals surface area (Å²) in [4.78, 5) is 15.7. The van der Waals surface area contributed by atoms with Crippen LogP contribution < -0.4 is 4.74 Å². The van der Waals surface area contributed by atoms with Gasteiger partial charge in [-0.25, -0.2) is 9.78 Å². The van der Waals surface area contributed by atoms with Crippen molar-refractivity contribution in [2.75, 3.05) is 0 Å². The van der Waals surface area contributed by atoms with E-state index < -0.39 is 5.97 Å². The van der Waals surface area contributed by atoms with Crippen LogP contribution in [0.3, 0.4) is 0 Å². The number of rotatable bonds is 2. The number of ether oxygens (including phenoxy) is 1. The number of hydrogen-bond donors (Lipinski definition) is 0. The molecule has 0 saturated carbocycles. The molecule has 0 aliphatic carbocycles. The fraction of sp³-hybridized carbons (Fsp3) is 0. The number of hydrogen-bond acceptors (Lipinski definition) is 3. The SMILES string of the molecule is O=C(Oc1ccccc1Cl)c1ncc(Cl)c(Cl)c1Cl. The molecule has 0 N–H and O–H groups in total. The smallest absolute Gasteiger partial charge is 0.363 e. The lowest BCUT2D eigenvalue weighted by Crippen LogP contribution is -2.11. The summed E-state index contributed by atoms with van der Waals surface area (Å²) in [6, 6.07) is 6.53. The van der Waals surface area contributed by atoms with Crippen molar-refractivity contribution in [3.63, 3.8) is 0 Å². The summed E-state index contributed by atoms with van der Waals surface area (Å²) >= 11 is 23.3. The van der Waals surface area contributed by atoms with Crippen LogP contribution in [0, 0.1) is 0 Å². The predicted octanol–water partition coefficient (Wildman–Crippen LogP) is 4.91. The van der Waals surface area contributed by atoms with Gasteiger partial charge in [-0.15, -0.1) is 0 Å². The topological polar surface area (TPSA) is 39.2 Å². The first-order valence-corrected chi connectivity index (χ1v) is 6.48. The maximum absolute atomic E-state index is 11.9. The maximum Gasteiger partial charge on any atom is 0.363 e. The van der Waals surface area contributed by atoms with Gasteiger partial charge in [-0.1, -0.05) is 58.5 Å². The molecule has 0 saturated heterocycles. The van der Waals surface area contributed by atoms with E-state index in [-0.39, 0.29) is 26.5 Å². The second-order valence-electron chi connectivity index (χ2n) is 3.40. The van der Waals surface area contributed by atoms with Gasteiger partial charge in [0.05, 0.1) is 20.1 Å². The van der Waals surface area contributed by atoms with Gasteiger partial charge in [-0.2, -0.15) is 0 Å². The highest BCUT2D eigenvalue weighted by molar-refractivity contribution is 6.48. The molecule has 1 aromatic carbocycles. The Morgan fingerprint density at radius 3 is 2.37 bits per heavy atom. The zero-order chi connectivity index (χ0) is 14.0. The van der Waals surface area contributed by atoms with Crippen LogP contribution in [0.1, 0.15) is 10.5 Å². The number of carbonyl (C=O) groups excluding carboxylic acids is 1. The minimum absolute atomic E-state index is 0.0458. The van der Waals surface area contributed by atoms with Gasteiger partial charge in [-0.05, 0) is 12.1 Å². The largest absolute Gasteiger partial charge is 0.420 e. The molecule has 0 unspecified atom stereocenters. The van der Waals surface area contributed by atoms with E-state index in [0.717, 1.165) is 0 Å². The fourth-order valence-corrected chi connectivity index (χ4v) is 1.99. The first kappa shape index (κ1) is 14.4. The lowest BCUT2D eigenvalue weighted by molar-refractivity contribution is 0.0729. The second kappa shape index (κ2) is 5.97. The van der Waals surface area contributed by atoms with E-state index in [2.05, 4.69) is 4.98 Å². The number of nitrogens with zero attached hydrogens (tertiary/aromatic N) is 1. The molecule has 19 heavy (non-hydrogen) atoms. The molecule has 7 heteroatoms. The molecule has 0 aliphatic rings. The summed E-state index contributed by atoms with van der Waals surface area (Å²) < 4.78 is 5.09. The van der Waals surface area contributed by atoms with Crippen LogP contribution >= 0.6 is 46.4 Å². The Kier molecular flexibility index (Phi) is 4.53. The van der Waals surface area contributed by atoms with Gasteiger partial charge in [-0.3, -0.25) is 0 Å². The van der Waals surface area contributed by atoms with Crippen LogP contribution in [0.15, 0.2) is 30.5 Å². The Morgan fingerprint density at radius 2 is 1.68 bits per heavy atom. The van der Waals surface area contributed by atoms with E-state index in [1.807, 2.05) is 0 Å². The summed E-state index contributed by atoms with van der Waals surface area (Å²) in [5.74, 6) is -0.560. The monoisotopic (exact) mass is 335 g/mol. The van der Waals surface area contributed by atoms with E-state index in [1.54, 1.807) is 24.3 Å². The van der Waals surface area contributed by atoms with Gasteiger partial charge in [0.2, 0.25) is 0 Å². The normalized spacial score (nSPS) is 10.3. The Morgan fingerprint density at radius 1 is 1.00 bits per heavy atom. The van der Waals surface area contributed by atoms with Crippen LogP contribution in [-0.2, 0) is 0 Å². The molecule has 2 rings (SSSR count). The molecule has 1 heterocycles. The predicted molar refractivity (Wildman–Crippen MR) is 75.7 cm³/mol. The number of pyridine rings is 1. The van der Waals surface area contributed by atoms with Crippen LogP contribution in [0.4, 0.5) is 0 Å². The third-order valence-electron chi connectivity index (χ3n) is 2.15. The molecular formula is C12H5Cl4NO2. The fourth-order valence-electron chi connectivity index (χ4n) is 1.26. The summed E-state index contributed by atoms with van der Waals surface area (Å²) in [6.07, 6.45) is 1.22. The minimum atomic E-state index is -0.767. The van der Waals surface area contributed by atoms with E-state index in [9.17, 15) is 4.79 Å².